The van der Waals surface area contributed by atoms with Crippen molar-refractivity contribution in [2.24, 2.45) is 0 Å². The normalized spacial score (nSPS) is 11.3. The average Bonchev–Trinajstić information content (AvgIpc) is 2.13. The number of ketones is 1. The Hall–Kier alpha value is -1.96. The standard InChI is InChI=1S/C7H8O8/c1-3(8)7(13)15-14-5(10)2-4(9)6(11)12/h4,9H,2H2,1H3,(H,11,12). The third kappa shape index (κ3) is 5.37. The summed E-state index contributed by atoms with van der Waals surface area (Å²) in [6.45, 7) is 0.891. The number of carboxylic acid groups (broad SMARTS) is 1. The number of carboxylic acids is 1. The molecular formula is C7H8O8. The van der Waals surface area contributed by atoms with Crippen LogP contribution in [0.15, 0.2) is 0 Å². The minimum absolute atomic E-state index is 0.888. The molecule has 0 amide bonds. The minimum Gasteiger partial charge on any atom is -0.479 e. The van der Waals surface area contributed by atoms with E-state index < -0.39 is 36.2 Å². The monoisotopic (exact) mass is 220 g/mol. The van der Waals surface area contributed by atoms with Crippen LogP contribution in [0, 0.1) is 0 Å². The van der Waals surface area contributed by atoms with E-state index in [1.54, 1.807) is 0 Å². The molecule has 0 aliphatic rings. The van der Waals surface area contributed by atoms with Gasteiger partial charge in [-0.3, -0.25) is 4.79 Å². The highest BCUT2D eigenvalue weighted by molar-refractivity contribution is 6.32. The fraction of sp³-hybridized carbons (Fsp3) is 0.429. The zero-order valence-electron chi connectivity index (χ0n) is 7.63. The molecular weight excluding hydrogens is 212 g/mol. The summed E-state index contributed by atoms with van der Waals surface area (Å²) < 4.78 is 0. The molecule has 8 heteroatoms. The van der Waals surface area contributed by atoms with Gasteiger partial charge in [0.2, 0.25) is 5.78 Å². The Morgan fingerprint density at radius 1 is 1.20 bits per heavy atom. The van der Waals surface area contributed by atoms with Crippen molar-refractivity contribution in [3.8, 4) is 0 Å². The Kier molecular flexibility index (Phi) is 4.96. The summed E-state index contributed by atoms with van der Waals surface area (Å²) in [6.07, 6.45) is -2.84. The lowest BCUT2D eigenvalue weighted by molar-refractivity contribution is -0.257. The molecule has 0 saturated carbocycles. The van der Waals surface area contributed by atoms with E-state index in [1.165, 1.54) is 0 Å². The lowest BCUT2D eigenvalue weighted by Gasteiger charge is -2.03. The van der Waals surface area contributed by atoms with E-state index in [0.717, 1.165) is 6.92 Å². The van der Waals surface area contributed by atoms with Crippen molar-refractivity contribution in [1.82, 2.24) is 0 Å². The van der Waals surface area contributed by atoms with E-state index in [4.69, 9.17) is 10.2 Å². The van der Waals surface area contributed by atoms with Gasteiger partial charge in [0.1, 0.15) is 0 Å². The molecule has 0 heterocycles. The predicted octanol–water partition coefficient (Wildman–Crippen LogP) is -1.59. The van der Waals surface area contributed by atoms with E-state index in [1.807, 2.05) is 0 Å². The molecule has 2 N–H and O–H groups in total. The lowest BCUT2D eigenvalue weighted by Crippen LogP contribution is -2.25. The maximum Gasteiger partial charge on any atom is 0.421 e. The number of carbonyl (C=O) groups is 4. The van der Waals surface area contributed by atoms with Crippen molar-refractivity contribution >= 4 is 23.7 Å². The van der Waals surface area contributed by atoms with Crippen molar-refractivity contribution in [1.29, 1.82) is 0 Å². The number of rotatable bonds is 4. The summed E-state index contributed by atoms with van der Waals surface area (Å²) in [4.78, 5) is 48.9. The average molecular weight is 220 g/mol. The molecule has 0 aromatic heterocycles. The molecule has 15 heavy (non-hydrogen) atoms. The first-order valence-corrected chi connectivity index (χ1v) is 3.67. The highest BCUT2D eigenvalue weighted by Gasteiger charge is 2.21. The topological polar surface area (TPSA) is 127 Å². The van der Waals surface area contributed by atoms with E-state index in [2.05, 4.69) is 9.78 Å². The van der Waals surface area contributed by atoms with E-state index in [-0.39, 0.29) is 0 Å². The van der Waals surface area contributed by atoms with Crippen LogP contribution in [0.1, 0.15) is 13.3 Å². The van der Waals surface area contributed by atoms with Gasteiger partial charge in [-0.1, -0.05) is 0 Å². The van der Waals surface area contributed by atoms with Gasteiger partial charge >= 0.3 is 17.9 Å². The predicted molar refractivity (Wildman–Crippen MR) is 41.1 cm³/mol. The molecule has 0 rings (SSSR count). The van der Waals surface area contributed by atoms with Crippen LogP contribution in [0.5, 0.6) is 0 Å². The summed E-state index contributed by atoms with van der Waals surface area (Å²) in [6, 6.07) is 0. The number of hydrogen-bond acceptors (Lipinski definition) is 7. The van der Waals surface area contributed by atoms with Crippen LogP contribution >= 0.6 is 0 Å². The molecule has 84 valence electrons. The van der Waals surface area contributed by atoms with Gasteiger partial charge < -0.3 is 10.2 Å². The molecule has 0 spiro atoms. The van der Waals surface area contributed by atoms with Gasteiger partial charge in [0.25, 0.3) is 0 Å². The molecule has 0 aliphatic carbocycles. The summed E-state index contributed by atoms with van der Waals surface area (Å²) in [5, 5.41) is 16.8. The first-order chi connectivity index (χ1) is 6.84. The van der Waals surface area contributed by atoms with Gasteiger partial charge in [-0.25, -0.2) is 24.2 Å². The van der Waals surface area contributed by atoms with E-state index in [9.17, 15) is 19.2 Å². The third-order valence-electron chi connectivity index (χ3n) is 1.14. The van der Waals surface area contributed by atoms with Crippen LogP contribution in [-0.2, 0) is 29.0 Å². The number of carbonyl (C=O) groups excluding carboxylic acids is 3. The number of aliphatic hydroxyl groups is 1. The largest absolute Gasteiger partial charge is 0.479 e. The highest BCUT2D eigenvalue weighted by Crippen LogP contribution is 1.96. The minimum atomic E-state index is -1.95. The molecule has 0 saturated heterocycles. The zero-order valence-corrected chi connectivity index (χ0v) is 7.63. The second kappa shape index (κ2) is 5.70. The smallest absolute Gasteiger partial charge is 0.421 e. The van der Waals surface area contributed by atoms with Gasteiger partial charge in [0.15, 0.2) is 6.10 Å². The molecule has 8 nitrogen and oxygen atoms in total. The summed E-state index contributed by atoms with van der Waals surface area (Å²) in [5.41, 5.74) is 0. The Labute approximate surface area is 83.3 Å². The van der Waals surface area contributed by atoms with Crippen molar-refractivity contribution in [2.75, 3.05) is 0 Å². The van der Waals surface area contributed by atoms with Crippen LogP contribution < -0.4 is 0 Å². The van der Waals surface area contributed by atoms with Gasteiger partial charge in [-0.2, -0.15) is 0 Å². The second-order valence-corrected chi connectivity index (χ2v) is 2.44. The van der Waals surface area contributed by atoms with Crippen LogP contribution in [0.25, 0.3) is 0 Å². The van der Waals surface area contributed by atoms with Crippen molar-refractivity contribution < 1.29 is 39.2 Å². The zero-order chi connectivity index (χ0) is 12.0. The fourth-order valence-corrected chi connectivity index (χ4v) is 0.422. The van der Waals surface area contributed by atoms with Crippen molar-refractivity contribution in [3.63, 3.8) is 0 Å². The second-order valence-electron chi connectivity index (χ2n) is 2.44. The molecule has 1 unspecified atom stereocenters. The molecule has 0 fully saturated rings. The van der Waals surface area contributed by atoms with Gasteiger partial charge in [0.05, 0.1) is 6.42 Å². The Morgan fingerprint density at radius 3 is 2.13 bits per heavy atom. The SMILES string of the molecule is CC(=O)C(=O)OOC(=O)CC(O)C(=O)O. The molecule has 0 aromatic carbocycles. The van der Waals surface area contributed by atoms with E-state index >= 15 is 0 Å². The number of hydrogen-bond donors (Lipinski definition) is 2. The number of Topliss-reactive ketones (excluding diaryl/α,β-unsaturated/α-hetero) is 1. The fourth-order valence-electron chi connectivity index (χ4n) is 0.422. The number of aliphatic hydroxyl groups excluding tert-OH is 1. The molecule has 1 atom stereocenters. The molecule has 0 aliphatic heterocycles. The van der Waals surface area contributed by atoms with Gasteiger partial charge in [0, 0.05) is 6.92 Å². The van der Waals surface area contributed by atoms with E-state index in [0.29, 0.717) is 0 Å². The van der Waals surface area contributed by atoms with Crippen LogP contribution in [0.2, 0.25) is 0 Å². The summed E-state index contributed by atoms with van der Waals surface area (Å²) >= 11 is 0. The Balaban J connectivity index is 3.91. The molecule has 0 bridgehead atoms. The molecule has 0 aromatic rings. The Bertz CT molecular complexity index is 293. The van der Waals surface area contributed by atoms with Crippen molar-refractivity contribution in [2.45, 2.75) is 19.4 Å². The highest BCUT2D eigenvalue weighted by atomic mass is 17.2. The lowest BCUT2D eigenvalue weighted by atomic mass is 10.3. The van der Waals surface area contributed by atoms with Crippen LogP contribution in [0.3, 0.4) is 0 Å². The van der Waals surface area contributed by atoms with Crippen molar-refractivity contribution in [3.05, 3.63) is 0 Å². The summed E-state index contributed by atoms with van der Waals surface area (Å²) in [7, 11) is 0. The van der Waals surface area contributed by atoms with Crippen LogP contribution in [-0.4, -0.2) is 40.0 Å². The maximum atomic E-state index is 10.7. The quantitative estimate of drug-likeness (QED) is 0.330. The summed E-state index contributed by atoms with van der Waals surface area (Å²) in [5.74, 6) is -5.28. The third-order valence-corrected chi connectivity index (χ3v) is 1.14. The van der Waals surface area contributed by atoms with Crippen LogP contribution in [0.4, 0.5) is 0 Å². The first-order valence-electron chi connectivity index (χ1n) is 3.67. The number of aliphatic carboxylic acids is 1. The van der Waals surface area contributed by atoms with Gasteiger partial charge in [-0.15, -0.1) is 0 Å². The maximum absolute atomic E-state index is 10.7. The van der Waals surface area contributed by atoms with Gasteiger partial charge in [-0.05, 0) is 0 Å². The molecule has 0 radical (unpaired) electrons. The first kappa shape index (κ1) is 13.0. The Morgan fingerprint density at radius 2 is 1.73 bits per heavy atom.